The lowest BCUT2D eigenvalue weighted by atomic mass is 9.75. The summed E-state index contributed by atoms with van der Waals surface area (Å²) < 4.78 is 47.0. The zero-order chi connectivity index (χ0) is 29.7. The Balaban J connectivity index is 1.15. The van der Waals surface area contributed by atoms with E-state index in [4.69, 9.17) is 4.74 Å². The molecule has 1 aromatic heterocycles. The highest BCUT2D eigenvalue weighted by Gasteiger charge is 2.55. The number of rotatable bonds is 7. The van der Waals surface area contributed by atoms with Crippen molar-refractivity contribution in [3.63, 3.8) is 0 Å². The molecule has 0 spiro atoms. The van der Waals surface area contributed by atoms with E-state index in [0.29, 0.717) is 29.6 Å². The smallest absolute Gasteiger partial charge is 0.416 e. The Morgan fingerprint density at radius 3 is 2.51 bits per heavy atom. The minimum absolute atomic E-state index is 0.0465. The molecule has 3 aliphatic rings. The molecule has 5 nitrogen and oxygen atoms in total. The van der Waals surface area contributed by atoms with Crippen molar-refractivity contribution in [2.75, 3.05) is 5.32 Å². The fraction of sp³-hybridized carbons (Fsp3) is 0.333. The number of aromatic nitrogens is 1. The topological polar surface area (TPSA) is 60.3 Å². The van der Waals surface area contributed by atoms with Crippen LogP contribution in [0.4, 0.5) is 18.9 Å². The number of thiazole rings is 1. The fourth-order valence-corrected chi connectivity index (χ4v) is 10.2. The third kappa shape index (κ3) is 5.51. The first-order valence-electron chi connectivity index (χ1n) is 14.4. The number of fused-ring (bicyclic) bond motifs is 6. The van der Waals surface area contributed by atoms with Crippen LogP contribution in [0.2, 0.25) is 0 Å². The molecule has 1 amide bonds. The summed E-state index contributed by atoms with van der Waals surface area (Å²) in [4.78, 5) is 27.1. The third-order valence-electron chi connectivity index (χ3n) is 8.95. The predicted octanol–water partition coefficient (Wildman–Crippen LogP) is 7.80. The highest BCUT2D eigenvalue weighted by Crippen LogP contribution is 2.64. The lowest BCUT2D eigenvalue weighted by Gasteiger charge is -2.40. The second-order valence-electron chi connectivity index (χ2n) is 11.6. The number of nitrogens with zero attached hydrogens (tertiary/aromatic N) is 1. The van der Waals surface area contributed by atoms with E-state index in [0.717, 1.165) is 38.9 Å². The summed E-state index contributed by atoms with van der Waals surface area (Å²) >= 11 is 2.91. The minimum atomic E-state index is -4.51. The number of hydrogen-bond acceptors (Lipinski definition) is 5. The Bertz CT molecular complexity index is 1700. The molecule has 1 N–H and O–H groups in total. The van der Waals surface area contributed by atoms with Crippen LogP contribution in [0.1, 0.15) is 46.7 Å². The Hall–Kier alpha value is -3.50. The van der Waals surface area contributed by atoms with E-state index >= 15 is 0 Å². The number of benzene rings is 3. The Kier molecular flexibility index (Phi) is 7.37. The zero-order valence-electron chi connectivity index (χ0n) is 23.1. The van der Waals surface area contributed by atoms with Gasteiger partial charge in [0.1, 0.15) is 18.9 Å². The van der Waals surface area contributed by atoms with E-state index < -0.39 is 17.6 Å². The Morgan fingerprint density at radius 1 is 0.977 bits per heavy atom. The van der Waals surface area contributed by atoms with Gasteiger partial charge < -0.3 is 10.1 Å². The average Bonchev–Trinajstić information content (AvgIpc) is 3.70. The van der Waals surface area contributed by atoms with E-state index in [-0.39, 0.29) is 23.0 Å². The second-order valence-corrected chi connectivity index (χ2v) is 13.7. The Morgan fingerprint density at radius 2 is 1.74 bits per heavy atom. The molecule has 0 radical (unpaired) electrons. The predicted molar refractivity (Wildman–Crippen MR) is 162 cm³/mol. The van der Waals surface area contributed by atoms with Gasteiger partial charge in [0.25, 0.3) is 0 Å². The van der Waals surface area contributed by atoms with Gasteiger partial charge >= 0.3 is 11.0 Å². The standard InChI is InChI=1S/C33H29F3N2O3S2/c34-33(35,36)23-7-4-8-24(16-23)37-26(39)17-38-31-30(43-32(38)40)27(28-21-9-10-22(15-21)29(28)42-31)20-11-13-25(14-12-20)41-18-19-5-2-1-3-6-19/h1-8,11-14,16,21-22,27-29H,9-10,15,17-18H2,(H,37,39). The van der Waals surface area contributed by atoms with Crippen molar-refractivity contribution in [2.45, 2.75) is 54.8 Å². The lowest BCUT2D eigenvalue weighted by molar-refractivity contribution is -0.137. The van der Waals surface area contributed by atoms with Crippen molar-refractivity contribution < 1.29 is 22.7 Å². The van der Waals surface area contributed by atoms with Crippen molar-refractivity contribution in [3.05, 3.63) is 110 Å². The highest BCUT2D eigenvalue weighted by molar-refractivity contribution is 8.00. The summed E-state index contributed by atoms with van der Waals surface area (Å²) in [6.07, 6.45) is -0.950. The van der Waals surface area contributed by atoms with Gasteiger partial charge in [-0.05, 0) is 78.5 Å². The van der Waals surface area contributed by atoms with Gasteiger partial charge in [-0.3, -0.25) is 14.2 Å². The van der Waals surface area contributed by atoms with Gasteiger partial charge in [-0.1, -0.05) is 59.9 Å². The number of ether oxygens (including phenoxy) is 1. The minimum Gasteiger partial charge on any atom is -0.489 e. The Labute approximate surface area is 255 Å². The first-order chi connectivity index (χ1) is 20.7. The first kappa shape index (κ1) is 28.3. The SMILES string of the molecule is O=C(Cn1c2c(sc1=O)C(c1ccc(OCc3ccccc3)cc1)C1C3CCC(C3)C1S2)Nc1cccc(C(F)(F)F)c1. The monoisotopic (exact) mass is 622 g/mol. The number of carbonyl (C=O) groups is 1. The van der Waals surface area contributed by atoms with Crippen LogP contribution in [-0.2, 0) is 24.1 Å². The third-order valence-corrected chi connectivity index (χ3v) is 11.8. The summed E-state index contributed by atoms with van der Waals surface area (Å²) in [5, 5.41) is 3.73. The normalized spacial score (nSPS) is 23.9. The van der Waals surface area contributed by atoms with Gasteiger partial charge in [-0.15, -0.1) is 11.8 Å². The molecule has 2 fully saturated rings. The van der Waals surface area contributed by atoms with Crippen LogP contribution >= 0.6 is 23.1 Å². The molecule has 7 rings (SSSR count). The molecular weight excluding hydrogens is 594 g/mol. The maximum atomic E-state index is 13.3. The maximum absolute atomic E-state index is 13.3. The van der Waals surface area contributed by atoms with Crippen LogP contribution in [0.15, 0.2) is 88.7 Å². The quantitative estimate of drug-likeness (QED) is 0.229. The molecule has 5 unspecified atom stereocenters. The van der Waals surface area contributed by atoms with Gasteiger partial charge in [0.2, 0.25) is 5.91 Å². The fourth-order valence-electron chi connectivity index (χ4n) is 7.09. The van der Waals surface area contributed by atoms with Crippen molar-refractivity contribution in [2.24, 2.45) is 17.8 Å². The summed E-state index contributed by atoms with van der Waals surface area (Å²) in [6.45, 7) is 0.226. The van der Waals surface area contributed by atoms with E-state index in [1.165, 1.54) is 47.3 Å². The van der Waals surface area contributed by atoms with Crippen LogP contribution in [0.3, 0.4) is 0 Å². The molecule has 43 heavy (non-hydrogen) atoms. The van der Waals surface area contributed by atoms with Crippen LogP contribution < -0.4 is 14.9 Å². The number of nitrogens with one attached hydrogen (secondary N) is 1. The van der Waals surface area contributed by atoms with Crippen LogP contribution in [0.25, 0.3) is 0 Å². The van der Waals surface area contributed by atoms with Crippen molar-refractivity contribution in [1.29, 1.82) is 0 Å². The van der Waals surface area contributed by atoms with Crippen molar-refractivity contribution >= 4 is 34.7 Å². The van der Waals surface area contributed by atoms with Gasteiger partial charge in [-0.2, -0.15) is 13.2 Å². The van der Waals surface area contributed by atoms with Gasteiger partial charge in [0, 0.05) is 21.7 Å². The number of halogens is 3. The van der Waals surface area contributed by atoms with Gasteiger partial charge in [-0.25, -0.2) is 0 Å². The molecule has 2 heterocycles. The molecular formula is C33H29F3N2O3S2. The van der Waals surface area contributed by atoms with E-state index in [1.54, 1.807) is 11.8 Å². The summed E-state index contributed by atoms with van der Waals surface area (Å²) in [6, 6.07) is 22.7. The molecule has 5 atom stereocenters. The van der Waals surface area contributed by atoms with Crippen LogP contribution in [0.5, 0.6) is 5.75 Å². The summed E-state index contributed by atoms with van der Waals surface area (Å²) in [5.41, 5.74) is 1.43. The molecule has 2 aliphatic carbocycles. The zero-order valence-corrected chi connectivity index (χ0v) is 24.7. The van der Waals surface area contributed by atoms with Crippen LogP contribution in [-0.4, -0.2) is 15.7 Å². The number of hydrogen-bond donors (Lipinski definition) is 1. The average molecular weight is 623 g/mol. The molecule has 10 heteroatoms. The van der Waals surface area contributed by atoms with E-state index in [2.05, 4.69) is 17.4 Å². The highest BCUT2D eigenvalue weighted by atomic mass is 32.2. The van der Waals surface area contributed by atoms with Gasteiger partial charge in [0.05, 0.1) is 10.6 Å². The van der Waals surface area contributed by atoms with Gasteiger partial charge in [0.15, 0.2) is 0 Å². The molecule has 222 valence electrons. The number of carbonyl (C=O) groups excluding carboxylic acids is 1. The molecule has 2 bridgehead atoms. The molecule has 2 saturated carbocycles. The van der Waals surface area contributed by atoms with Crippen molar-refractivity contribution in [3.8, 4) is 5.75 Å². The molecule has 4 aromatic rings. The van der Waals surface area contributed by atoms with Crippen molar-refractivity contribution in [1.82, 2.24) is 4.57 Å². The van der Waals surface area contributed by atoms with E-state index in [9.17, 15) is 22.8 Å². The molecule has 0 saturated heterocycles. The largest absolute Gasteiger partial charge is 0.489 e. The first-order valence-corrected chi connectivity index (χ1v) is 16.1. The summed E-state index contributed by atoms with van der Waals surface area (Å²) in [5.74, 6) is 1.88. The lowest BCUT2D eigenvalue weighted by Crippen LogP contribution is -2.34. The summed E-state index contributed by atoms with van der Waals surface area (Å²) in [7, 11) is 0. The molecule has 3 aromatic carbocycles. The number of anilines is 1. The maximum Gasteiger partial charge on any atom is 0.416 e. The number of amides is 1. The number of alkyl halides is 3. The van der Waals surface area contributed by atoms with Crippen LogP contribution in [0, 0.1) is 17.8 Å². The number of thioether (sulfide) groups is 1. The second kappa shape index (κ2) is 11.2. The van der Waals surface area contributed by atoms with E-state index in [1.807, 2.05) is 42.5 Å². The molecule has 1 aliphatic heterocycles.